The molecule has 0 fully saturated rings. The molecular weight excluding hydrogens is 366 g/mol. The Balaban J connectivity index is 2.00. The van der Waals surface area contributed by atoms with E-state index in [0.29, 0.717) is 33.0 Å². The lowest BCUT2D eigenvalue weighted by atomic mass is 10.2. The maximum atomic E-state index is 12.9. The molecule has 142 valence electrons. The van der Waals surface area contributed by atoms with Gasteiger partial charge in [0.25, 0.3) is 11.5 Å². The summed E-state index contributed by atoms with van der Waals surface area (Å²) in [4.78, 5) is 30.6. The number of aryl methyl sites for hydroxylation is 1. The van der Waals surface area contributed by atoms with Crippen molar-refractivity contribution in [2.45, 2.75) is 26.8 Å². The van der Waals surface area contributed by atoms with E-state index in [1.165, 1.54) is 24.8 Å². The number of benzene rings is 1. The van der Waals surface area contributed by atoms with Gasteiger partial charge in [0.2, 0.25) is 0 Å². The first-order chi connectivity index (χ1) is 12.9. The Labute approximate surface area is 160 Å². The lowest BCUT2D eigenvalue weighted by Crippen LogP contribution is -2.22. The van der Waals surface area contributed by atoms with Gasteiger partial charge >= 0.3 is 0 Å². The lowest BCUT2D eigenvalue weighted by Gasteiger charge is -2.11. The molecule has 27 heavy (non-hydrogen) atoms. The first kappa shape index (κ1) is 18.9. The molecule has 1 N–H and O–H groups in total. The van der Waals surface area contributed by atoms with E-state index in [-0.39, 0.29) is 17.5 Å². The number of hydrogen-bond donors (Lipinski definition) is 1. The molecule has 0 saturated heterocycles. The number of nitrogens with one attached hydrogen (secondary N) is 1. The van der Waals surface area contributed by atoms with Crippen LogP contribution in [0.1, 0.15) is 35.1 Å². The molecule has 0 saturated carbocycles. The number of nitrogens with zero attached hydrogens (tertiary/aromatic N) is 2. The average Bonchev–Trinajstić information content (AvgIpc) is 2.98. The van der Waals surface area contributed by atoms with E-state index in [2.05, 4.69) is 10.3 Å². The zero-order chi connectivity index (χ0) is 19.7. The van der Waals surface area contributed by atoms with E-state index in [0.717, 1.165) is 4.88 Å². The van der Waals surface area contributed by atoms with Gasteiger partial charge in [0.1, 0.15) is 10.2 Å². The van der Waals surface area contributed by atoms with Crippen LogP contribution in [-0.2, 0) is 0 Å². The van der Waals surface area contributed by atoms with E-state index in [1.54, 1.807) is 29.9 Å². The number of fused-ring (bicyclic) bond motifs is 1. The molecule has 0 spiro atoms. The maximum Gasteiger partial charge on any atom is 0.271 e. The summed E-state index contributed by atoms with van der Waals surface area (Å²) in [6.07, 6.45) is 1.49. The second kappa shape index (κ2) is 7.40. The van der Waals surface area contributed by atoms with Gasteiger partial charge in [-0.05, 0) is 32.9 Å². The van der Waals surface area contributed by atoms with Gasteiger partial charge in [-0.3, -0.25) is 14.2 Å². The van der Waals surface area contributed by atoms with Crippen LogP contribution in [0.15, 0.2) is 29.3 Å². The quantitative estimate of drug-likeness (QED) is 0.723. The molecule has 2 aromatic heterocycles. The van der Waals surface area contributed by atoms with Crippen molar-refractivity contribution in [1.29, 1.82) is 0 Å². The third-order valence-corrected chi connectivity index (χ3v) is 5.31. The average molecular weight is 387 g/mol. The van der Waals surface area contributed by atoms with Crippen LogP contribution in [0.25, 0.3) is 10.2 Å². The number of carbonyl (C=O) groups is 1. The molecule has 0 unspecified atom stereocenters. The van der Waals surface area contributed by atoms with Gasteiger partial charge in [-0.1, -0.05) is 0 Å². The summed E-state index contributed by atoms with van der Waals surface area (Å²) in [7, 11) is 3.08. The molecule has 7 nitrogen and oxygen atoms in total. The fraction of sp³-hybridized carbons (Fsp3) is 0.316. The molecule has 0 aliphatic rings. The molecule has 3 rings (SSSR count). The fourth-order valence-electron chi connectivity index (χ4n) is 2.83. The molecule has 1 aromatic carbocycles. The fourth-order valence-corrected chi connectivity index (χ4v) is 3.88. The lowest BCUT2D eigenvalue weighted by molar-refractivity contribution is 0.102. The highest BCUT2D eigenvalue weighted by Gasteiger charge is 2.21. The summed E-state index contributed by atoms with van der Waals surface area (Å²) in [5, 5.41) is 2.84. The van der Waals surface area contributed by atoms with Gasteiger partial charge in [0.15, 0.2) is 11.5 Å². The Morgan fingerprint density at radius 2 is 1.93 bits per heavy atom. The van der Waals surface area contributed by atoms with Crippen LogP contribution in [0.2, 0.25) is 0 Å². The summed E-state index contributed by atoms with van der Waals surface area (Å²) in [5.41, 5.74) is 1.27. The third-order valence-electron chi connectivity index (χ3n) is 4.22. The number of rotatable bonds is 5. The molecule has 8 heteroatoms. The number of thiophene rings is 1. The third kappa shape index (κ3) is 3.40. The largest absolute Gasteiger partial charge is 0.493 e. The SMILES string of the molecule is COc1ccc(NC(=O)c2c(C)sc3c(=O)n(C(C)C)cnc23)cc1OC. The summed E-state index contributed by atoms with van der Waals surface area (Å²) in [6, 6.07) is 5.12. The van der Waals surface area contributed by atoms with Gasteiger partial charge < -0.3 is 14.8 Å². The number of aromatic nitrogens is 2. The minimum Gasteiger partial charge on any atom is -0.493 e. The summed E-state index contributed by atoms with van der Waals surface area (Å²) in [6.45, 7) is 5.65. The summed E-state index contributed by atoms with van der Waals surface area (Å²) in [5.74, 6) is 0.767. The Hall–Kier alpha value is -2.87. The Morgan fingerprint density at radius 1 is 1.22 bits per heavy atom. The highest BCUT2D eigenvalue weighted by molar-refractivity contribution is 7.19. The summed E-state index contributed by atoms with van der Waals surface area (Å²) >= 11 is 1.29. The number of hydrogen-bond acceptors (Lipinski definition) is 6. The van der Waals surface area contributed by atoms with Crippen LogP contribution in [0.5, 0.6) is 11.5 Å². The minimum absolute atomic E-state index is 0.000784. The molecule has 0 radical (unpaired) electrons. The predicted molar refractivity (Wildman–Crippen MR) is 107 cm³/mol. The van der Waals surface area contributed by atoms with E-state index < -0.39 is 0 Å². The second-order valence-corrected chi connectivity index (χ2v) is 7.51. The highest BCUT2D eigenvalue weighted by Crippen LogP contribution is 2.31. The number of methoxy groups -OCH3 is 2. The Kier molecular flexibility index (Phi) is 5.18. The van der Waals surface area contributed by atoms with Gasteiger partial charge in [0, 0.05) is 22.7 Å². The van der Waals surface area contributed by atoms with Crippen LogP contribution in [0.3, 0.4) is 0 Å². The topological polar surface area (TPSA) is 82.5 Å². The van der Waals surface area contributed by atoms with Crippen LogP contribution in [0, 0.1) is 6.92 Å². The monoisotopic (exact) mass is 387 g/mol. The molecule has 2 heterocycles. The van der Waals surface area contributed by atoms with Crippen LogP contribution in [0.4, 0.5) is 5.69 Å². The Bertz CT molecular complexity index is 1070. The van der Waals surface area contributed by atoms with Gasteiger partial charge in [-0.15, -0.1) is 11.3 Å². The molecule has 3 aromatic rings. The predicted octanol–water partition coefficient (Wildman–Crippen LogP) is 3.62. The second-order valence-electron chi connectivity index (χ2n) is 6.29. The highest BCUT2D eigenvalue weighted by atomic mass is 32.1. The maximum absolute atomic E-state index is 12.9. The zero-order valence-electron chi connectivity index (χ0n) is 15.8. The van der Waals surface area contributed by atoms with E-state index in [1.807, 2.05) is 20.8 Å². The van der Waals surface area contributed by atoms with Gasteiger partial charge in [-0.25, -0.2) is 4.98 Å². The van der Waals surface area contributed by atoms with Crippen molar-refractivity contribution >= 4 is 33.1 Å². The van der Waals surface area contributed by atoms with Crippen molar-refractivity contribution < 1.29 is 14.3 Å². The van der Waals surface area contributed by atoms with Crippen molar-refractivity contribution in [2.75, 3.05) is 19.5 Å². The van der Waals surface area contributed by atoms with E-state index in [4.69, 9.17) is 9.47 Å². The minimum atomic E-state index is -0.319. The molecule has 0 aliphatic heterocycles. The van der Waals surface area contributed by atoms with Crippen molar-refractivity contribution in [2.24, 2.45) is 0 Å². The smallest absolute Gasteiger partial charge is 0.271 e. The number of amides is 1. The molecule has 0 atom stereocenters. The van der Waals surface area contributed by atoms with E-state index in [9.17, 15) is 9.59 Å². The number of anilines is 1. The first-order valence-electron chi connectivity index (χ1n) is 8.41. The van der Waals surface area contributed by atoms with Crippen LogP contribution in [-0.4, -0.2) is 29.7 Å². The normalized spacial score (nSPS) is 11.0. The van der Waals surface area contributed by atoms with E-state index >= 15 is 0 Å². The zero-order valence-corrected chi connectivity index (χ0v) is 16.6. The number of carbonyl (C=O) groups excluding carboxylic acids is 1. The first-order valence-corrected chi connectivity index (χ1v) is 9.22. The van der Waals surface area contributed by atoms with Gasteiger partial charge in [0.05, 0.1) is 26.1 Å². The van der Waals surface area contributed by atoms with Crippen molar-refractivity contribution in [1.82, 2.24) is 9.55 Å². The van der Waals surface area contributed by atoms with Crippen molar-refractivity contribution in [3.8, 4) is 11.5 Å². The number of ether oxygens (including phenoxy) is 2. The van der Waals surface area contributed by atoms with Crippen LogP contribution < -0.4 is 20.3 Å². The van der Waals surface area contributed by atoms with Gasteiger partial charge in [-0.2, -0.15) is 0 Å². The van der Waals surface area contributed by atoms with Crippen molar-refractivity contribution in [3.63, 3.8) is 0 Å². The Morgan fingerprint density at radius 3 is 2.56 bits per heavy atom. The van der Waals surface area contributed by atoms with Crippen molar-refractivity contribution in [3.05, 3.63) is 45.3 Å². The standard InChI is InChI=1S/C19H21N3O4S/c1-10(2)22-9-20-16-15(11(3)27-17(16)19(22)24)18(23)21-12-6-7-13(25-4)14(8-12)26-5/h6-10H,1-5H3,(H,21,23). The summed E-state index contributed by atoms with van der Waals surface area (Å²) < 4.78 is 12.5. The molecule has 1 amide bonds. The molecule has 0 bridgehead atoms. The molecule has 0 aliphatic carbocycles. The molecular formula is C19H21N3O4S. The van der Waals surface area contributed by atoms with Crippen LogP contribution >= 0.6 is 11.3 Å².